The average molecular weight is 484 g/mol. The van der Waals surface area contributed by atoms with Crippen LogP contribution in [0.5, 0.6) is 0 Å². The van der Waals surface area contributed by atoms with E-state index >= 15 is 0 Å². The number of carboxylic acid groups (broad SMARTS) is 1. The van der Waals surface area contributed by atoms with Gasteiger partial charge in [0.2, 0.25) is 0 Å². The second kappa shape index (κ2) is 9.41. The lowest BCUT2D eigenvalue weighted by Gasteiger charge is -2.58. The Bertz CT molecular complexity index is 913. The molecular weight excluding hydrogens is 438 g/mol. The van der Waals surface area contributed by atoms with Gasteiger partial charge in [0.15, 0.2) is 0 Å². The number of rotatable bonds is 7. The van der Waals surface area contributed by atoms with Gasteiger partial charge in [-0.2, -0.15) is 0 Å². The van der Waals surface area contributed by atoms with Crippen molar-refractivity contribution in [1.29, 1.82) is 0 Å². The third kappa shape index (κ3) is 4.23. The molecule has 11 atom stereocenters. The maximum absolute atomic E-state index is 11.3. The van der Waals surface area contributed by atoms with Gasteiger partial charge in [0, 0.05) is 17.9 Å². The molecule has 1 aliphatic heterocycles. The minimum absolute atomic E-state index is 0.272. The van der Waals surface area contributed by atoms with Gasteiger partial charge in [-0.15, -0.1) is 0 Å². The second-order valence-corrected chi connectivity index (χ2v) is 13.4. The van der Waals surface area contributed by atoms with Crippen LogP contribution in [-0.2, 0) is 9.53 Å². The Balaban J connectivity index is 1.28. The molecule has 4 aliphatic carbocycles. The number of allylic oxidation sites excluding steroid dienone is 2. The lowest BCUT2D eigenvalue weighted by atomic mass is 9.46. The normalized spacial score (nSPS) is 46.9. The number of hydrogen-bond donors (Lipinski definition) is 1. The largest absolute Gasteiger partial charge is 0.481 e. The molecule has 194 valence electrons. The van der Waals surface area contributed by atoms with Crippen molar-refractivity contribution in [3.05, 3.63) is 22.1 Å². The molecule has 0 aromatic carbocycles. The molecule has 35 heavy (non-hydrogen) atoms. The van der Waals surface area contributed by atoms with Crippen LogP contribution in [-0.4, -0.2) is 29.8 Å². The highest BCUT2D eigenvalue weighted by Crippen LogP contribution is 2.69. The van der Waals surface area contributed by atoms with Crippen molar-refractivity contribution in [2.24, 2.45) is 57.4 Å². The van der Waals surface area contributed by atoms with Gasteiger partial charge in [0.1, 0.15) is 0 Å². The molecule has 6 heteroatoms. The fourth-order valence-electron chi connectivity index (χ4n) is 9.89. The van der Waals surface area contributed by atoms with Gasteiger partial charge in [-0.3, -0.25) is 4.79 Å². The summed E-state index contributed by atoms with van der Waals surface area (Å²) >= 11 is 0. The van der Waals surface area contributed by atoms with Crippen LogP contribution in [0.4, 0.5) is 0 Å². The fraction of sp³-hybridized carbons (Fsp3) is 0.897. The molecule has 1 saturated heterocycles. The summed E-state index contributed by atoms with van der Waals surface area (Å²) in [6.07, 6.45) is 14.0. The summed E-state index contributed by atoms with van der Waals surface area (Å²) in [5, 5.41) is 13.1. The van der Waals surface area contributed by atoms with E-state index in [2.05, 4.69) is 43.8 Å². The van der Waals surface area contributed by atoms with Crippen LogP contribution in [0.15, 0.2) is 16.8 Å². The Hall–Kier alpha value is -1.52. The highest BCUT2D eigenvalue weighted by molar-refractivity contribution is 5.67. The number of aliphatic carboxylic acids is 1. The Labute approximate surface area is 210 Å². The zero-order valence-corrected chi connectivity index (χ0v) is 22.2. The molecule has 2 unspecified atom stereocenters. The van der Waals surface area contributed by atoms with E-state index < -0.39 is 5.97 Å². The number of nitrogens with zero attached hydrogens (tertiary/aromatic N) is 3. The molecule has 1 N–H and O–H groups in total. The van der Waals surface area contributed by atoms with Crippen molar-refractivity contribution >= 4 is 5.97 Å². The summed E-state index contributed by atoms with van der Waals surface area (Å²) in [4.78, 5) is 14.2. The van der Waals surface area contributed by atoms with Crippen LogP contribution in [0.2, 0.25) is 0 Å². The van der Waals surface area contributed by atoms with Crippen LogP contribution in [0.1, 0.15) is 91.9 Å². The first-order valence-electron chi connectivity index (χ1n) is 14.2. The first-order valence-corrected chi connectivity index (χ1v) is 14.2. The van der Waals surface area contributed by atoms with E-state index in [0.29, 0.717) is 54.3 Å². The standard InChI is InChI=1S/C29H45N3O3/c1-17(16-31-32-30)5-8-24-18(2)27-25(35-24)15-23-21-7-6-20-13-19(14-26(33)34)9-11-28(20,3)22(21)10-12-29(23,27)4/h6,17-19,21-25,27H,5,7-16H2,1-4H3,(H,33,34)/t17?,18-,19?,21-,22+,23+,24-,25+,27+,28+,29+/m1/s1. The van der Waals surface area contributed by atoms with Crippen molar-refractivity contribution in [2.45, 2.75) is 104 Å². The molecule has 0 spiro atoms. The van der Waals surface area contributed by atoms with Crippen molar-refractivity contribution in [2.75, 3.05) is 6.54 Å². The van der Waals surface area contributed by atoms with Gasteiger partial charge in [-0.05, 0) is 116 Å². The van der Waals surface area contributed by atoms with Crippen LogP contribution in [0.3, 0.4) is 0 Å². The summed E-state index contributed by atoms with van der Waals surface area (Å²) in [7, 11) is 0. The summed E-state index contributed by atoms with van der Waals surface area (Å²) in [5.74, 6) is 3.59. The van der Waals surface area contributed by atoms with Gasteiger partial charge >= 0.3 is 5.97 Å². The van der Waals surface area contributed by atoms with E-state index in [-0.39, 0.29) is 5.41 Å². The molecule has 3 saturated carbocycles. The van der Waals surface area contributed by atoms with Gasteiger partial charge in [-0.1, -0.05) is 44.5 Å². The Morgan fingerprint density at radius 1 is 1.31 bits per heavy atom. The Morgan fingerprint density at radius 2 is 2.11 bits per heavy atom. The van der Waals surface area contributed by atoms with Crippen LogP contribution in [0, 0.1) is 52.3 Å². The van der Waals surface area contributed by atoms with E-state index in [0.717, 1.165) is 49.9 Å². The number of carboxylic acids is 1. The van der Waals surface area contributed by atoms with Gasteiger partial charge in [0.05, 0.1) is 12.2 Å². The van der Waals surface area contributed by atoms with Crippen LogP contribution >= 0.6 is 0 Å². The highest BCUT2D eigenvalue weighted by Gasteiger charge is 2.64. The fourth-order valence-corrected chi connectivity index (χ4v) is 9.89. The van der Waals surface area contributed by atoms with Crippen molar-refractivity contribution in [3.63, 3.8) is 0 Å². The molecule has 4 fully saturated rings. The molecular formula is C29H45N3O3. The second-order valence-electron chi connectivity index (χ2n) is 13.4. The first kappa shape index (κ1) is 25.1. The molecule has 5 rings (SSSR count). The summed E-state index contributed by atoms with van der Waals surface area (Å²) in [6.45, 7) is 10.3. The van der Waals surface area contributed by atoms with E-state index in [1.165, 1.54) is 25.7 Å². The van der Waals surface area contributed by atoms with E-state index in [9.17, 15) is 9.90 Å². The quantitative estimate of drug-likeness (QED) is 0.177. The van der Waals surface area contributed by atoms with Gasteiger partial charge in [0.25, 0.3) is 0 Å². The van der Waals surface area contributed by atoms with Crippen molar-refractivity contribution < 1.29 is 14.6 Å². The maximum Gasteiger partial charge on any atom is 0.303 e. The lowest BCUT2D eigenvalue weighted by molar-refractivity contribution is -0.138. The summed E-state index contributed by atoms with van der Waals surface area (Å²) in [6, 6.07) is 0. The zero-order valence-electron chi connectivity index (χ0n) is 22.2. The summed E-state index contributed by atoms with van der Waals surface area (Å²) in [5.41, 5.74) is 10.8. The lowest BCUT2D eigenvalue weighted by Crippen LogP contribution is -2.50. The van der Waals surface area contributed by atoms with Crippen LogP contribution < -0.4 is 0 Å². The Kier molecular flexibility index (Phi) is 6.76. The first-order chi connectivity index (χ1) is 16.7. The minimum atomic E-state index is -0.642. The Morgan fingerprint density at radius 3 is 2.86 bits per heavy atom. The molecule has 0 aromatic rings. The van der Waals surface area contributed by atoms with E-state index in [1.54, 1.807) is 5.57 Å². The predicted octanol–water partition coefficient (Wildman–Crippen LogP) is 7.40. The zero-order chi connectivity index (χ0) is 25.0. The molecule has 0 bridgehead atoms. The highest BCUT2D eigenvalue weighted by atomic mass is 16.5. The predicted molar refractivity (Wildman–Crippen MR) is 137 cm³/mol. The molecule has 0 amide bonds. The minimum Gasteiger partial charge on any atom is -0.481 e. The maximum atomic E-state index is 11.3. The molecule has 0 aromatic heterocycles. The van der Waals surface area contributed by atoms with Crippen molar-refractivity contribution in [1.82, 2.24) is 0 Å². The smallest absolute Gasteiger partial charge is 0.303 e. The third-order valence-electron chi connectivity index (χ3n) is 11.7. The molecule has 0 radical (unpaired) electrons. The molecule has 5 aliphatic rings. The van der Waals surface area contributed by atoms with Gasteiger partial charge in [-0.25, -0.2) is 0 Å². The topological polar surface area (TPSA) is 95.3 Å². The summed E-state index contributed by atoms with van der Waals surface area (Å²) < 4.78 is 6.80. The number of carbonyl (C=O) groups is 1. The number of ether oxygens (including phenoxy) is 1. The third-order valence-corrected chi connectivity index (χ3v) is 11.7. The molecule has 1 heterocycles. The number of azide groups is 1. The monoisotopic (exact) mass is 483 g/mol. The molecule has 6 nitrogen and oxygen atoms in total. The van der Waals surface area contributed by atoms with E-state index in [4.69, 9.17) is 10.3 Å². The number of hydrogen-bond acceptors (Lipinski definition) is 3. The average Bonchev–Trinajstić information content (AvgIpc) is 3.29. The SMILES string of the molecule is CC(CC[C@H]1O[C@H]2C[C@H]3[C@@H]4CC=C5CC(CC(=O)O)CC[C@]5(C)[C@H]4CC[C@]3(C)[C@H]2[C@@H]1C)CN=[N+]=[N-]. The van der Waals surface area contributed by atoms with Crippen LogP contribution in [0.25, 0.3) is 10.4 Å². The van der Waals surface area contributed by atoms with Crippen molar-refractivity contribution in [3.8, 4) is 0 Å². The number of fused-ring (bicyclic) bond motifs is 7. The van der Waals surface area contributed by atoms with E-state index in [1.807, 2.05) is 0 Å². The van der Waals surface area contributed by atoms with Gasteiger partial charge < -0.3 is 9.84 Å².